The number of benzene rings is 2. The number of pyridine rings is 1. The highest BCUT2D eigenvalue weighted by Crippen LogP contribution is 2.52. The predicted molar refractivity (Wildman–Crippen MR) is 140 cm³/mol. The number of halogens is 2. The van der Waals surface area contributed by atoms with E-state index in [1.807, 2.05) is 32.9 Å². The number of nitrogens with zero attached hydrogens (tertiary/aromatic N) is 1. The van der Waals surface area contributed by atoms with Crippen molar-refractivity contribution >= 4 is 17.6 Å². The van der Waals surface area contributed by atoms with Gasteiger partial charge in [-0.05, 0) is 75.1 Å². The minimum Gasteiger partial charge on any atom is -0.395 e. The summed E-state index contributed by atoms with van der Waals surface area (Å²) < 4.78 is 41.3. The summed E-state index contributed by atoms with van der Waals surface area (Å²) in [7, 11) is 0. The van der Waals surface area contributed by atoms with Crippen molar-refractivity contribution in [3.05, 3.63) is 71.3 Å². The Balaban J connectivity index is 1.33. The van der Waals surface area contributed by atoms with Crippen LogP contribution in [0.15, 0.2) is 54.6 Å². The van der Waals surface area contributed by atoms with Crippen LogP contribution < -0.4 is 20.1 Å². The molecular formula is C29H29F2N3O5. The maximum Gasteiger partial charge on any atom is 0.586 e. The number of carbonyl (C=O) groups is 2. The van der Waals surface area contributed by atoms with Crippen molar-refractivity contribution in [2.24, 2.45) is 0 Å². The summed E-state index contributed by atoms with van der Waals surface area (Å²) in [5.74, 6) is -0.317. The molecule has 2 aromatic carbocycles. The molecule has 5 rings (SSSR count). The molecule has 0 radical (unpaired) electrons. The highest BCUT2D eigenvalue weighted by atomic mass is 19.3. The van der Waals surface area contributed by atoms with Crippen molar-refractivity contribution in [1.82, 2.24) is 10.3 Å². The number of nitrogens with one attached hydrogen (secondary N) is 2. The van der Waals surface area contributed by atoms with E-state index >= 15 is 0 Å². The third-order valence-electron chi connectivity index (χ3n) is 6.82. The molecule has 1 aliphatic carbocycles. The quantitative estimate of drug-likeness (QED) is 0.389. The molecule has 2 amide bonds. The standard InChI is InChI=1S/C29H29F2N3O5/c1-4-37-16-18(3)32-26(35)20-7-5-6-19(14-20)25-17(2)8-11-24(33-25)34-27(36)28(12-13-28)21-9-10-22-23(15-21)39-29(30,31)38-22/h5-11,14-15,18H,4,12-13,16H2,1-3H3,(H,32,35)(H,33,34,36). The zero-order valence-corrected chi connectivity index (χ0v) is 21.8. The van der Waals surface area contributed by atoms with Crippen molar-refractivity contribution < 1.29 is 32.6 Å². The van der Waals surface area contributed by atoms with Gasteiger partial charge >= 0.3 is 6.29 Å². The summed E-state index contributed by atoms with van der Waals surface area (Å²) in [6.45, 7) is 6.67. The largest absolute Gasteiger partial charge is 0.586 e. The fraction of sp³-hybridized carbons (Fsp3) is 0.345. The summed E-state index contributed by atoms with van der Waals surface area (Å²) in [5.41, 5.74) is 2.42. The minimum absolute atomic E-state index is 0.0653. The van der Waals surface area contributed by atoms with E-state index in [0.29, 0.717) is 48.7 Å². The summed E-state index contributed by atoms with van der Waals surface area (Å²) in [4.78, 5) is 30.8. The van der Waals surface area contributed by atoms with Crippen LogP contribution in [0.25, 0.3) is 11.3 Å². The molecule has 1 saturated carbocycles. The van der Waals surface area contributed by atoms with Gasteiger partial charge in [0.15, 0.2) is 11.5 Å². The lowest BCUT2D eigenvalue weighted by molar-refractivity contribution is -0.286. The van der Waals surface area contributed by atoms with Crippen LogP contribution >= 0.6 is 0 Å². The maximum atomic E-state index is 13.4. The van der Waals surface area contributed by atoms with Gasteiger partial charge in [0.25, 0.3) is 5.91 Å². The molecule has 0 spiro atoms. The second-order valence-electron chi connectivity index (χ2n) is 9.84. The first-order valence-corrected chi connectivity index (χ1v) is 12.8. The zero-order valence-electron chi connectivity index (χ0n) is 21.8. The lowest BCUT2D eigenvalue weighted by Gasteiger charge is -2.17. The summed E-state index contributed by atoms with van der Waals surface area (Å²) in [6, 6.07) is 15.0. The average Bonchev–Trinajstić information content (AvgIpc) is 3.65. The van der Waals surface area contributed by atoms with Crippen molar-refractivity contribution in [1.29, 1.82) is 0 Å². The fourth-order valence-corrected chi connectivity index (χ4v) is 4.60. The Morgan fingerprint density at radius 3 is 2.59 bits per heavy atom. The van der Waals surface area contributed by atoms with Crippen molar-refractivity contribution in [3.63, 3.8) is 0 Å². The first-order chi connectivity index (χ1) is 18.6. The SMILES string of the molecule is CCOCC(C)NC(=O)c1cccc(-c2nc(NC(=O)C3(c4ccc5c(c4)OC(F)(F)O5)CC3)ccc2C)c1. The number of anilines is 1. The molecule has 1 aliphatic heterocycles. The van der Waals surface area contributed by atoms with Crippen LogP contribution in [0.1, 0.15) is 48.2 Å². The minimum atomic E-state index is -3.72. The maximum absolute atomic E-state index is 13.4. The lowest BCUT2D eigenvalue weighted by atomic mass is 9.94. The number of fused-ring (bicyclic) bond motifs is 1. The Morgan fingerprint density at radius 2 is 1.85 bits per heavy atom. The van der Waals surface area contributed by atoms with Crippen molar-refractivity contribution in [3.8, 4) is 22.8 Å². The first-order valence-electron chi connectivity index (χ1n) is 12.8. The molecule has 1 fully saturated rings. The van der Waals surface area contributed by atoms with Crippen LogP contribution in [0.5, 0.6) is 11.5 Å². The zero-order chi connectivity index (χ0) is 27.8. The van der Waals surface area contributed by atoms with E-state index in [4.69, 9.17) is 4.74 Å². The number of hydrogen-bond donors (Lipinski definition) is 2. The van der Waals surface area contributed by atoms with E-state index < -0.39 is 11.7 Å². The number of ether oxygens (including phenoxy) is 3. The third-order valence-corrected chi connectivity index (χ3v) is 6.82. The van der Waals surface area contributed by atoms with Crippen molar-refractivity contribution in [2.45, 2.75) is 51.4 Å². The summed E-state index contributed by atoms with van der Waals surface area (Å²) in [6.07, 6.45) is -2.60. The van der Waals surface area contributed by atoms with Gasteiger partial charge < -0.3 is 24.8 Å². The number of hydrogen-bond acceptors (Lipinski definition) is 6. The Kier molecular flexibility index (Phi) is 6.98. The van der Waals surface area contributed by atoms with E-state index in [2.05, 4.69) is 25.1 Å². The molecule has 8 nitrogen and oxygen atoms in total. The molecule has 204 valence electrons. The van der Waals surface area contributed by atoms with E-state index in [1.165, 1.54) is 12.1 Å². The van der Waals surface area contributed by atoms with Gasteiger partial charge in [0.2, 0.25) is 5.91 Å². The van der Waals surface area contributed by atoms with Gasteiger partial charge in [0, 0.05) is 23.8 Å². The van der Waals surface area contributed by atoms with Gasteiger partial charge in [-0.1, -0.05) is 24.3 Å². The summed E-state index contributed by atoms with van der Waals surface area (Å²) in [5, 5.41) is 5.81. The predicted octanol–water partition coefficient (Wildman–Crippen LogP) is 5.20. The molecule has 0 saturated heterocycles. The Hall–Kier alpha value is -4.05. The fourth-order valence-electron chi connectivity index (χ4n) is 4.60. The van der Waals surface area contributed by atoms with Gasteiger partial charge in [-0.2, -0.15) is 0 Å². The molecule has 0 bridgehead atoms. The van der Waals surface area contributed by atoms with Gasteiger partial charge in [-0.3, -0.25) is 9.59 Å². The molecule has 2 N–H and O–H groups in total. The van der Waals surface area contributed by atoms with Crippen molar-refractivity contribution in [2.75, 3.05) is 18.5 Å². The van der Waals surface area contributed by atoms with E-state index in [9.17, 15) is 18.4 Å². The van der Waals surface area contributed by atoms with Gasteiger partial charge in [0.05, 0.1) is 17.7 Å². The number of amides is 2. The molecule has 3 aromatic rings. The van der Waals surface area contributed by atoms with E-state index in [-0.39, 0.29) is 29.4 Å². The molecule has 1 aromatic heterocycles. The number of aromatic nitrogens is 1. The number of alkyl halides is 2. The van der Waals surface area contributed by atoms with Gasteiger partial charge in [0.1, 0.15) is 5.82 Å². The van der Waals surface area contributed by atoms with Gasteiger partial charge in [-0.25, -0.2) is 4.98 Å². The normalized spacial score (nSPS) is 16.8. The highest BCUT2D eigenvalue weighted by Gasteiger charge is 2.53. The monoisotopic (exact) mass is 537 g/mol. The Labute approximate surface area is 224 Å². The molecule has 2 aliphatic rings. The van der Waals surface area contributed by atoms with Crippen LogP contribution in [0.3, 0.4) is 0 Å². The Bertz CT molecular complexity index is 1420. The Morgan fingerprint density at radius 1 is 1.08 bits per heavy atom. The topological polar surface area (TPSA) is 98.8 Å². The second-order valence-corrected chi connectivity index (χ2v) is 9.84. The molecule has 1 unspecified atom stereocenters. The number of aryl methyl sites for hydroxylation is 1. The molecule has 2 heterocycles. The van der Waals surface area contributed by atoms with Crippen LogP contribution in [0, 0.1) is 6.92 Å². The molecule has 10 heteroatoms. The smallest absolute Gasteiger partial charge is 0.395 e. The first kappa shape index (κ1) is 26.6. The lowest BCUT2D eigenvalue weighted by Crippen LogP contribution is -2.35. The van der Waals surface area contributed by atoms with Crippen LogP contribution in [0.4, 0.5) is 14.6 Å². The van der Waals surface area contributed by atoms with E-state index in [1.54, 1.807) is 30.3 Å². The second kappa shape index (κ2) is 10.3. The molecule has 1 atom stereocenters. The highest BCUT2D eigenvalue weighted by molar-refractivity contribution is 6.01. The van der Waals surface area contributed by atoms with Crippen LogP contribution in [-0.2, 0) is 14.9 Å². The average molecular weight is 538 g/mol. The number of rotatable bonds is 9. The summed E-state index contributed by atoms with van der Waals surface area (Å²) >= 11 is 0. The number of carbonyl (C=O) groups excluding carboxylic acids is 2. The van der Waals surface area contributed by atoms with Gasteiger partial charge in [-0.15, -0.1) is 8.78 Å². The van der Waals surface area contributed by atoms with Crippen LogP contribution in [-0.4, -0.2) is 42.3 Å². The molecular weight excluding hydrogens is 508 g/mol. The van der Waals surface area contributed by atoms with E-state index in [0.717, 1.165) is 11.1 Å². The molecule has 39 heavy (non-hydrogen) atoms. The third kappa shape index (κ3) is 5.56. The van der Waals surface area contributed by atoms with Crippen LogP contribution in [0.2, 0.25) is 0 Å².